The predicted molar refractivity (Wildman–Crippen MR) is 84.5 cm³/mol. The van der Waals surface area contributed by atoms with Crippen LogP contribution in [0.5, 0.6) is 0 Å². The highest BCUT2D eigenvalue weighted by atomic mass is 16.1. The number of amides is 1. The molecule has 0 unspecified atom stereocenters. The van der Waals surface area contributed by atoms with E-state index in [-0.39, 0.29) is 17.1 Å². The molecule has 0 saturated carbocycles. The molecule has 1 aromatic carbocycles. The first-order valence-corrected chi connectivity index (χ1v) is 6.79. The SMILES string of the molecule is CC(C)(C)Nc1cnc(C(=O)Nc2cccc(C#N)c2)cn1. The molecule has 0 spiro atoms. The molecular weight excluding hydrogens is 278 g/mol. The van der Waals surface area contributed by atoms with Crippen LogP contribution < -0.4 is 10.6 Å². The summed E-state index contributed by atoms with van der Waals surface area (Å²) in [6.07, 6.45) is 2.93. The number of nitrogens with one attached hydrogen (secondary N) is 2. The fourth-order valence-electron chi connectivity index (χ4n) is 1.76. The zero-order chi connectivity index (χ0) is 16.2. The summed E-state index contributed by atoms with van der Waals surface area (Å²) in [7, 11) is 0. The Morgan fingerprint density at radius 1 is 1.23 bits per heavy atom. The lowest BCUT2D eigenvalue weighted by molar-refractivity contribution is 0.102. The molecule has 0 aliphatic carbocycles. The Hall–Kier alpha value is -2.94. The van der Waals surface area contributed by atoms with Crippen LogP contribution >= 0.6 is 0 Å². The van der Waals surface area contributed by atoms with Gasteiger partial charge in [-0.15, -0.1) is 0 Å². The molecule has 1 amide bonds. The van der Waals surface area contributed by atoms with E-state index in [0.717, 1.165) is 0 Å². The lowest BCUT2D eigenvalue weighted by Crippen LogP contribution is -2.27. The van der Waals surface area contributed by atoms with Crippen LogP contribution in [0.25, 0.3) is 0 Å². The van der Waals surface area contributed by atoms with Gasteiger partial charge in [-0.2, -0.15) is 5.26 Å². The number of nitrogens with zero attached hydrogens (tertiary/aromatic N) is 3. The molecule has 0 aliphatic rings. The van der Waals surface area contributed by atoms with Gasteiger partial charge in [0.05, 0.1) is 24.0 Å². The van der Waals surface area contributed by atoms with Crippen molar-refractivity contribution < 1.29 is 4.79 Å². The van der Waals surface area contributed by atoms with E-state index in [4.69, 9.17) is 5.26 Å². The van der Waals surface area contributed by atoms with Crippen LogP contribution in [0, 0.1) is 11.3 Å². The number of hydrogen-bond donors (Lipinski definition) is 2. The van der Waals surface area contributed by atoms with Crippen LogP contribution in [0.15, 0.2) is 36.7 Å². The standard InChI is InChI=1S/C16H17N5O/c1-16(2,3)21-14-10-18-13(9-19-14)15(22)20-12-6-4-5-11(7-12)8-17/h4-7,9-10H,1-3H3,(H,19,21)(H,20,22). The molecule has 2 rings (SSSR count). The summed E-state index contributed by atoms with van der Waals surface area (Å²) in [6, 6.07) is 8.70. The molecule has 0 aliphatic heterocycles. The van der Waals surface area contributed by atoms with E-state index >= 15 is 0 Å². The smallest absolute Gasteiger partial charge is 0.275 e. The highest BCUT2D eigenvalue weighted by molar-refractivity contribution is 6.02. The van der Waals surface area contributed by atoms with Crippen molar-refractivity contribution in [3.63, 3.8) is 0 Å². The Labute approximate surface area is 129 Å². The van der Waals surface area contributed by atoms with Crippen LogP contribution in [0.2, 0.25) is 0 Å². The van der Waals surface area contributed by atoms with Crippen LogP contribution in [-0.2, 0) is 0 Å². The summed E-state index contributed by atoms with van der Waals surface area (Å²) < 4.78 is 0. The highest BCUT2D eigenvalue weighted by Crippen LogP contribution is 2.13. The quantitative estimate of drug-likeness (QED) is 0.908. The van der Waals surface area contributed by atoms with E-state index in [9.17, 15) is 4.79 Å². The van der Waals surface area contributed by atoms with Gasteiger partial charge in [-0.05, 0) is 39.0 Å². The second kappa shape index (κ2) is 6.22. The minimum Gasteiger partial charge on any atom is -0.364 e. The molecule has 0 atom stereocenters. The van der Waals surface area contributed by atoms with Crippen molar-refractivity contribution in [2.75, 3.05) is 10.6 Å². The Kier molecular flexibility index (Phi) is 4.37. The topological polar surface area (TPSA) is 90.7 Å². The highest BCUT2D eigenvalue weighted by Gasteiger charge is 2.12. The van der Waals surface area contributed by atoms with E-state index in [1.54, 1.807) is 24.3 Å². The Bertz CT molecular complexity index is 711. The maximum atomic E-state index is 12.1. The predicted octanol–water partition coefficient (Wildman–Crippen LogP) is 2.81. The molecule has 0 bridgehead atoms. The van der Waals surface area contributed by atoms with E-state index < -0.39 is 0 Å². The molecule has 2 aromatic rings. The average molecular weight is 295 g/mol. The van der Waals surface area contributed by atoms with E-state index in [1.807, 2.05) is 26.8 Å². The molecular formula is C16H17N5O. The molecule has 1 aromatic heterocycles. The Morgan fingerprint density at radius 3 is 2.59 bits per heavy atom. The molecule has 112 valence electrons. The van der Waals surface area contributed by atoms with Crippen LogP contribution in [-0.4, -0.2) is 21.4 Å². The van der Waals surface area contributed by atoms with Crippen LogP contribution in [0.3, 0.4) is 0 Å². The van der Waals surface area contributed by atoms with Crippen molar-refractivity contribution in [1.82, 2.24) is 9.97 Å². The van der Waals surface area contributed by atoms with Crippen molar-refractivity contribution >= 4 is 17.4 Å². The molecule has 0 saturated heterocycles. The average Bonchev–Trinajstić information content (AvgIpc) is 2.46. The van der Waals surface area contributed by atoms with Gasteiger partial charge in [-0.25, -0.2) is 9.97 Å². The number of carbonyl (C=O) groups excluding carboxylic acids is 1. The third-order valence-corrected chi connectivity index (χ3v) is 2.64. The lowest BCUT2D eigenvalue weighted by atomic mass is 10.1. The van der Waals surface area contributed by atoms with Gasteiger partial charge in [0.1, 0.15) is 11.5 Å². The Morgan fingerprint density at radius 2 is 2.00 bits per heavy atom. The summed E-state index contributed by atoms with van der Waals surface area (Å²) in [4.78, 5) is 20.4. The molecule has 0 radical (unpaired) electrons. The van der Waals surface area contributed by atoms with Gasteiger partial charge in [0, 0.05) is 11.2 Å². The molecule has 6 heteroatoms. The van der Waals surface area contributed by atoms with Crippen molar-refractivity contribution in [2.24, 2.45) is 0 Å². The van der Waals surface area contributed by atoms with Crippen molar-refractivity contribution in [2.45, 2.75) is 26.3 Å². The third-order valence-electron chi connectivity index (χ3n) is 2.64. The van der Waals surface area contributed by atoms with Crippen LogP contribution in [0.4, 0.5) is 11.5 Å². The third kappa shape index (κ3) is 4.28. The second-order valence-corrected chi connectivity index (χ2v) is 5.81. The summed E-state index contributed by atoms with van der Waals surface area (Å²) in [5, 5.41) is 14.7. The van der Waals surface area contributed by atoms with Crippen molar-refractivity contribution in [1.29, 1.82) is 5.26 Å². The first-order valence-electron chi connectivity index (χ1n) is 6.79. The van der Waals surface area contributed by atoms with E-state index in [0.29, 0.717) is 17.1 Å². The fourth-order valence-corrected chi connectivity index (χ4v) is 1.76. The number of benzene rings is 1. The molecule has 22 heavy (non-hydrogen) atoms. The van der Waals surface area contributed by atoms with Gasteiger partial charge in [-0.3, -0.25) is 4.79 Å². The maximum absolute atomic E-state index is 12.1. The number of aromatic nitrogens is 2. The van der Waals surface area contributed by atoms with Crippen molar-refractivity contribution in [3.05, 3.63) is 47.9 Å². The van der Waals surface area contributed by atoms with Crippen molar-refractivity contribution in [3.8, 4) is 6.07 Å². The van der Waals surface area contributed by atoms with Gasteiger partial charge in [0.25, 0.3) is 5.91 Å². The molecule has 2 N–H and O–H groups in total. The van der Waals surface area contributed by atoms with Gasteiger partial charge < -0.3 is 10.6 Å². The summed E-state index contributed by atoms with van der Waals surface area (Å²) in [6.45, 7) is 6.03. The zero-order valence-electron chi connectivity index (χ0n) is 12.7. The van der Waals surface area contributed by atoms with E-state index in [2.05, 4.69) is 20.6 Å². The summed E-state index contributed by atoms with van der Waals surface area (Å²) in [5.41, 5.74) is 1.11. The monoisotopic (exact) mass is 295 g/mol. The number of rotatable bonds is 3. The minimum absolute atomic E-state index is 0.129. The largest absolute Gasteiger partial charge is 0.364 e. The number of anilines is 2. The maximum Gasteiger partial charge on any atom is 0.275 e. The molecule has 0 fully saturated rings. The lowest BCUT2D eigenvalue weighted by Gasteiger charge is -2.20. The van der Waals surface area contributed by atoms with Gasteiger partial charge in [0.15, 0.2) is 0 Å². The number of hydrogen-bond acceptors (Lipinski definition) is 5. The molecule has 1 heterocycles. The summed E-state index contributed by atoms with van der Waals surface area (Å²) in [5.74, 6) is 0.237. The molecule has 6 nitrogen and oxygen atoms in total. The van der Waals surface area contributed by atoms with Gasteiger partial charge in [-0.1, -0.05) is 6.07 Å². The fraction of sp³-hybridized carbons (Fsp3) is 0.250. The first-order chi connectivity index (χ1) is 10.4. The normalized spacial score (nSPS) is 10.6. The Balaban J connectivity index is 2.08. The number of carbonyl (C=O) groups is 1. The van der Waals surface area contributed by atoms with Crippen LogP contribution in [0.1, 0.15) is 36.8 Å². The van der Waals surface area contributed by atoms with Gasteiger partial charge >= 0.3 is 0 Å². The summed E-state index contributed by atoms with van der Waals surface area (Å²) >= 11 is 0. The second-order valence-electron chi connectivity index (χ2n) is 5.81. The van der Waals surface area contributed by atoms with E-state index in [1.165, 1.54) is 12.4 Å². The number of nitriles is 1. The van der Waals surface area contributed by atoms with Gasteiger partial charge in [0.2, 0.25) is 0 Å². The minimum atomic E-state index is -0.370. The zero-order valence-corrected chi connectivity index (χ0v) is 12.7. The first kappa shape index (κ1) is 15.4.